The monoisotopic (exact) mass is 414 g/mol. The minimum Gasteiger partial charge on any atom is -0.140 e. The molecule has 0 atom stereocenters. The second kappa shape index (κ2) is 5.78. The van der Waals surface area contributed by atoms with E-state index in [1.807, 2.05) is 37.8 Å². The smallest absolute Gasteiger partial charge is 0.140 e. The van der Waals surface area contributed by atoms with E-state index in [-0.39, 0.29) is 0 Å². The Hall–Kier alpha value is 1.61. The molecule has 0 aromatic heterocycles. The average Bonchev–Trinajstić information content (AvgIpc) is 2.13. The predicted octanol–water partition coefficient (Wildman–Crippen LogP) is 3.96. The fourth-order valence-electron chi connectivity index (χ4n) is 1.39. The molecule has 0 aliphatic carbocycles. The summed E-state index contributed by atoms with van der Waals surface area (Å²) in [7, 11) is 0. The van der Waals surface area contributed by atoms with Gasteiger partial charge in [0.05, 0.1) is 0 Å². The fraction of sp³-hybridized carbons (Fsp3) is 0.333. The third-order valence-corrected chi connectivity index (χ3v) is 10.3. The molecule has 0 radical (unpaired) electrons. The van der Waals surface area contributed by atoms with Crippen LogP contribution in [0.4, 0.5) is 0 Å². The van der Waals surface area contributed by atoms with Crippen molar-refractivity contribution in [2.75, 3.05) is 0 Å². The molecule has 0 fully saturated rings. The van der Waals surface area contributed by atoms with Crippen LogP contribution in [0.1, 0.15) is 0 Å². The zero-order chi connectivity index (χ0) is 14.4. The van der Waals surface area contributed by atoms with E-state index in [0.29, 0.717) is 0 Å². The zero-order valence-corrected chi connectivity index (χ0v) is 17.5. The molecule has 0 spiro atoms. The molecule has 1 aromatic rings. The molecule has 0 saturated carbocycles. The standard InChI is InChI=1S/C9H12Cl6Si3/c1-16(10,11)7-4-8(17(2,12)13)6-9(5-7)18(3,14)15/h4-6H,1-3H3. The predicted molar refractivity (Wildman–Crippen MR) is 95.3 cm³/mol. The summed E-state index contributed by atoms with van der Waals surface area (Å²) in [6.07, 6.45) is 0. The van der Waals surface area contributed by atoms with Gasteiger partial charge in [-0.15, -0.1) is 66.5 Å². The lowest BCUT2D eigenvalue weighted by molar-refractivity contribution is 1.84. The molecule has 18 heavy (non-hydrogen) atoms. The lowest BCUT2D eigenvalue weighted by Gasteiger charge is -2.21. The van der Waals surface area contributed by atoms with Gasteiger partial charge in [-0.3, -0.25) is 0 Å². The Kier molecular flexibility index (Phi) is 5.67. The summed E-state index contributed by atoms with van der Waals surface area (Å²) in [4.78, 5) is 0. The van der Waals surface area contributed by atoms with Crippen molar-refractivity contribution >= 4 is 102 Å². The highest BCUT2D eigenvalue weighted by Crippen LogP contribution is 2.19. The highest BCUT2D eigenvalue weighted by molar-refractivity contribution is 7.53. The lowest BCUT2D eigenvalue weighted by atomic mass is 10.3. The third-order valence-electron chi connectivity index (χ3n) is 2.45. The van der Waals surface area contributed by atoms with Crippen LogP contribution in [0, 0.1) is 0 Å². The van der Waals surface area contributed by atoms with Crippen LogP contribution in [0.2, 0.25) is 19.6 Å². The van der Waals surface area contributed by atoms with Crippen molar-refractivity contribution in [1.29, 1.82) is 0 Å². The van der Waals surface area contributed by atoms with Gasteiger partial charge >= 0.3 is 0 Å². The zero-order valence-electron chi connectivity index (χ0n) is 10.00. The van der Waals surface area contributed by atoms with Gasteiger partial charge in [0.2, 0.25) is 0 Å². The molecule has 0 N–H and O–H groups in total. The molecule has 0 unspecified atom stereocenters. The molecule has 0 amide bonds. The number of benzene rings is 1. The summed E-state index contributed by atoms with van der Waals surface area (Å²) in [5.41, 5.74) is 0. The van der Waals surface area contributed by atoms with Crippen LogP contribution in [0.25, 0.3) is 0 Å². The van der Waals surface area contributed by atoms with E-state index >= 15 is 0 Å². The second-order valence-corrected chi connectivity index (χ2v) is 26.9. The first-order chi connectivity index (χ1) is 7.82. The summed E-state index contributed by atoms with van der Waals surface area (Å²) < 4.78 is 0. The largest absolute Gasteiger partial charge is 0.277 e. The molecule has 102 valence electrons. The van der Waals surface area contributed by atoms with Crippen molar-refractivity contribution in [2.45, 2.75) is 19.6 Å². The van der Waals surface area contributed by atoms with Crippen molar-refractivity contribution in [3.05, 3.63) is 18.2 Å². The van der Waals surface area contributed by atoms with Crippen LogP contribution < -0.4 is 15.6 Å². The number of hydrogen-bond donors (Lipinski definition) is 0. The quantitative estimate of drug-likeness (QED) is 0.516. The molecule has 0 nitrogen and oxygen atoms in total. The van der Waals surface area contributed by atoms with Crippen LogP contribution in [-0.4, -0.2) is 20.1 Å². The van der Waals surface area contributed by atoms with Crippen LogP contribution in [0.5, 0.6) is 0 Å². The van der Waals surface area contributed by atoms with E-state index in [1.54, 1.807) is 0 Å². The van der Waals surface area contributed by atoms with Crippen LogP contribution in [0.15, 0.2) is 18.2 Å². The molecule has 0 aliphatic heterocycles. The molecule has 0 saturated heterocycles. The highest BCUT2D eigenvalue weighted by atomic mass is 35.7. The Morgan fingerprint density at radius 3 is 0.833 bits per heavy atom. The van der Waals surface area contributed by atoms with Crippen molar-refractivity contribution in [3.8, 4) is 0 Å². The first-order valence-electron chi connectivity index (χ1n) is 5.12. The van der Waals surface area contributed by atoms with Gasteiger partial charge in [-0.25, -0.2) is 0 Å². The van der Waals surface area contributed by atoms with E-state index in [0.717, 1.165) is 15.6 Å². The van der Waals surface area contributed by atoms with Gasteiger partial charge in [0.25, 0.3) is 20.1 Å². The molecule has 0 heterocycles. The normalized spacial score (nSPS) is 13.8. The fourth-order valence-corrected chi connectivity index (χ4v) is 6.24. The molecule has 1 rings (SSSR count). The Labute approximate surface area is 139 Å². The minimum atomic E-state index is -2.50. The Morgan fingerprint density at radius 2 is 0.722 bits per heavy atom. The SMILES string of the molecule is C[Si](Cl)(Cl)c1cc([Si](C)(Cl)Cl)cc([Si](C)(Cl)Cl)c1. The minimum absolute atomic E-state index is 0.846. The van der Waals surface area contributed by atoms with Crippen LogP contribution in [0.3, 0.4) is 0 Å². The molecule has 9 heteroatoms. The Morgan fingerprint density at radius 1 is 0.556 bits per heavy atom. The first kappa shape index (κ1) is 17.7. The maximum absolute atomic E-state index is 6.27. The summed E-state index contributed by atoms with van der Waals surface area (Å²) in [6, 6.07) is 5.65. The van der Waals surface area contributed by atoms with Crippen molar-refractivity contribution in [3.63, 3.8) is 0 Å². The lowest BCUT2D eigenvalue weighted by Crippen LogP contribution is -2.47. The van der Waals surface area contributed by atoms with Crippen molar-refractivity contribution in [2.24, 2.45) is 0 Å². The van der Waals surface area contributed by atoms with E-state index in [4.69, 9.17) is 66.5 Å². The van der Waals surface area contributed by atoms with Gasteiger partial charge in [0.1, 0.15) is 0 Å². The molecular weight excluding hydrogens is 405 g/mol. The summed E-state index contributed by atoms with van der Waals surface area (Å²) in [6.45, 7) is -2.03. The van der Waals surface area contributed by atoms with Gasteiger partial charge in [0, 0.05) is 0 Å². The van der Waals surface area contributed by atoms with Crippen molar-refractivity contribution < 1.29 is 0 Å². The summed E-state index contributed by atoms with van der Waals surface area (Å²) in [5.74, 6) is 0. The van der Waals surface area contributed by atoms with E-state index in [1.165, 1.54) is 0 Å². The molecule has 0 aliphatic rings. The number of hydrogen-bond acceptors (Lipinski definition) is 0. The van der Waals surface area contributed by atoms with Gasteiger partial charge in [-0.1, -0.05) is 18.2 Å². The van der Waals surface area contributed by atoms with E-state index in [2.05, 4.69) is 0 Å². The average molecular weight is 417 g/mol. The van der Waals surface area contributed by atoms with Crippen molar-refractivity contribution in [1.82, 2.24) is 0 Å². The third kappa shape index (κ3) is 4.86. The van der Waals surface area contributed by atoms with Crippen LogP contribution in [-0.2, 0) is 0 Å². The molecule has 0 bridgehead atoms. The van der Waals surface area contributed by atoms with Crippen LogP contribution >= 0.6 is 66.5 Å². The Bertz CT molecular complexity index is 364. The second-order valence-electron chi connectivity index (χ2n) is 4.46. The highest BCUT2D eigenvalue weighted by Gasteiger charge is 2.34. The molecular formula is C9H12Cl6Si3. The maximum atomic E-state index is 6.27. The first-order valence-corrected chi connectivity index (χ1v) is 18.7. The topological polar surface area (TPSA) is 0 Å². The summed E-state index contributed by atoms with van der Waals surface area (Å²) >= 11 is 37.6. The number of halogens is 6. The van der Waals surface area contributed by atoms with Gasteiger partial charge < -0.3 is 0 Å². The molecule has 1 aromatic carbocycles. The summed E-state index contributed by atoms with van der Waals surface area (Å²) in [5, 5.41) is 2.54. The van der Waals surface area contributed by atoms with Gasteiger partial charge in [-0.05, 0) is 35.2 Å². The maximum Gasteiger partial charge on any atom is 0.277 e. The van der Waals surface area contributed by atoms with Gasteiger partial charge in [0.15, 0.2) is 0 Å². The Balaban J connectivity index is 3.49. The van der Waals surface area contributed by atoms with E-state index < -0.39 is 20.1 Å². The van der Waals surface area contributed by atoms with E-state index in [9.17, 15) is 0 Å². The number of rotatable bonds is 3. The van der Waals surface area contributed by atoms with Gasteiger partial charge in [-0.2, -0.15) is 0 Å².